The van der Waals surface area contributed by atoms with Crippen LogP contribution in [0.1, 0.15) is 388 Å². The van der Waals surface area contributed by atoms with Gasteiger partial charge < -0.3 is 33.8 Å². The van der Waals surface area contributed by atoms with Crippen molar-refractivity contribution in [1.82, 2.24) is 0 Å². The zero-order chi connectivity index (χ0) is 68.4. The Bertz CT molecular complexity index is 1790. The summed E-state index contributed by atoms with van der Waals surface area (Å²) in [4.78, 5) is 72.7. The number of phosphoric acid groups is 2. The summed E-state index contributed by atoms with van der Waals surface area (Å²) in [5, 5.41) is 10.6. The Hall–Kier alpha value is -1.94. The molecule has 19 heteroatoms. The van der Waals surface area contributed by atoms with Crippen molar-refractivity contribution in [2.24, 2.45) is 5.92 Å². The zero-order valence-corrected chi connectivity index (χ0v) is 62.2. The summed E-state index contributed by atoms with van der Waals surface area (Å²) in [6.07, 6.45) is 55.2. The normalized spacial score (nSPS) is 14.3. The summed E-state index contributed by atoms with van der Waals surface area (Å²) < 4.78 is 68.5. The van der Waals surface area contributed by atoms with Crippen LogP contribution in [0.4, 0.5) is 0 Å². The van der Waals surface area contributed by atoms with Gasteiger partial charge in [-0.25, -0.2) is 9.13 Å². The first-order valence-corrected chi connectivity index (χ1v) is 41.7. The summed E-state index contributed by atoms with van der Waals surface area (Å²) in [5.74, 6) is -1.30. The lowest BCUT2D eigenvalue weighted by Crippen LogP contribution is -2.30. The summed E-state index contributed by atoms with van der Waals surface area (Å²) in [5.41, 5.74) is 0. The van der Waals surface area contributed by atoms with Gasteiger partial charge >= 0.3 is 39.5 Å². The van der Waals surface area contributed by atoms with Crippen LogP contribution in [0.2, 0.25) is 0 Å². The number of unbranched alkanes of at least 4 members (excludes halogenated alkanes) is 45. The number of hydrogen-bond donors (Lipinski definition) is 3. The van der Waals surface area contributed by atoms with E-state index in [0.717, 1.165) is 95.8 Å². The Morgan fingerprint density at radius 3 is 0.763 bits per heavy atom. The predicted octanol–water partition coefficient (Wildman–Crippen LogP) is 21.7. The van der Waals surface area contributed by atoms with Gasteiger partial charge in [-0.3, -0.25) is 37.3 Å². The molecule has 17 nitrogen and oxygen atoms in total. The lowest BCUT2D eigenvalue weighted by Gasteiger charge is -2.21. The SMILES string of the molecule is CCCCCCCCCCCCCCCCCCC(=O)O[C@H](COC(=O)CCCCCCCCCCCCC(C)CC)COP(=O)(O)OC[C@@H](O)COP(=O)(O)OC[C@@H](COC(=O)CCCCCCCCCCCC)OC(=O)CCCCCCCCCCCCCCC. The van der Waals surface area contributed by atoms with Crippen LogP contribution in [0.15, 0.2) is 0 Å². The van der Waals surface area contributed by atoms with E-state index in [-0.39, 0.29) is 25.7 Å². The molecule has 0 bridgehead atoms. The predicted molar refractivity (Wildman–Crippen MR) is 377 cm³/mol. The molecule has 0 aliphatic carbocycles. The van der Waals surface area contributed by atoms with Crippen molar-refractivity contribution >= 4 is 39.5 Å². The van der Waals surface area contributed by atoms with E-state index in [1.807, 2.05) is 0 Å². The molecule has 0 aromatic carbocycles. The highest BCUT2D eigenvalue weighted by Crippen LogP contribution is 2.45. The number of carbonyl (C=O) groups is 4. The number of esters is 4. The van der Waals surface area contributed by atoms with E-state index >= 15 is 0 Å². The second-order valence-corrected chi connectivity index (χ2v) is 29.8. The Labute approximate surface area is 568 Å². The van der Waals surface area contributed by atoms with E-state index < -0.39 is 97.5 Å². The van der Waals surface area contributed by atoms with Crippen molar-refractivity contribution in [3.05, 3.63) is 0 Å². The molecular weight excluding hydrogens is 1220 g/mol. The highest BCUT2D eigenvalue weighted by Gasteiger charge is 2.30. The van der Waals surface area contributed by atoms with Gasteiger partial charge in [0.2, 0.25) is 0 Å². The average molecular weight is 1370 g/mol. The lowest BCUT2D eigenvalue weighted by atomic mass is 9.99. The minimum absolute atomic E-state index is 0.108. The van der Waals surface area contributed by atoms with Crippen molar-refractivity contribution in [2.45, 2.75) is 406 Å². The van der Waals surface area contributed by atoms with Gasteiger partial charge in [-0.1, -0.05) is 336 Å². The maximum atomic E-state index is 13.1. The van der Waals surface area contributed by atoms with Crippen molar-refractivity contribution in [1.29, 1.82) is 0 Å². The molecular formula is C74H144O17P2. The van der Waals surface area contributed by atoms with Crippen LogP contribution in [0.3, 0.4) is 0 Å². The summed E-state index contributed by atoms with van der Waals surface area (Å²) in [7, 11) is -9.91. The van der Waals surface area contributed by atoms with Crippen molar-refractivity contribution in [3.8, 4) is 0 Å². The molecule has 0 spiro atoms. The molecule has 0 aliphatic rings. The van der Waals surface area contributed by atoms with Crippen LogP contribution >= 0.6 is 15.6 Å². The van der Waals surface area contributed by atoms with E-state index in [0.29, 0.717) is 25.7 Å². The molecule has 552 valence electrons. The molecule has 0 fully saturated rings. The quantitative estimate of drug-likeness (QED) is 0.0222. The molecule has 0 radical (unpaired) electrons. The molecule has 3 unspecified atom stereocenters. The largest absolute Gasteiger partial charge is 0.472 e. The minimum Gasteiger partial charge on any atom is -0.462 e. The third kappa shape index (κ3) is 67.0. The monoisotopic (exact) mass is 1370 g/mol. The molecule has 0 saturated carbocycles. The first kappa shape index (κ1) is 91.1. The standard InChI is InChI=1S/C74H144O17P2/c1-6-10-13-16-19-22-25-27-28-29-31-33-40-45-50-55-60-74(79)91-70(64-85-72(77)58-53-48-43-38-35-34-36-41-46-51-56-67(5)9-4)66-89-93(82,83)87-62-68(75)61-86-92(80,81)88-65-69(63-84-71(76)57-52-47-42-37-24-21-18-15-12-8-3)90-73(78)59-54-49-44-39-32-30-26-23-20-17-14-11-7-2/h67-70,75H,6-66H2,1-5H3,(H,80,81)(H,82,83)/t67?,68-,69+,70+/m0/s1. The van der Waals surface area contributed by atoms with Crippen LogP contribution < -0.4 is 0 Å². The number of aliphatic hydroxyl groups excluding tert-OH is 1. The van der Waals surface area contributed by atoms with E-state index in [1.54, 1.807) is 0 Å². The van der Waals surface area contributed by atoms with Crippen LogP contribution in [-0.2, 0) is 65.4 Å². The molecule has 0 rings (SSSR count). The highest BCUT2D eigenvalue weighted by molar-refractivity contribution is 7.47. The minimum atomic E-state index is -4.95. The number of ether oxygens (including phenoxy) is 4. The van der Waals surface area contributed by atoms with Crippen molar-refractivity contribution in [2.75, 3.05) is 39.6 Å². The third-order valence-corrected chi connectivity index (χ3v) is 19.5. The molecule has 3 N–H and O–H groups in total. The van der Waals surface area contributed by atoms with Crippen molar-refractivity contribution in [3.63, 3.8) is 0 Å². The Morgan fingerprint density at radius 1 is 0.301 bits per heavy atom. The molecule has 93 heavy (non-hydrogen) atoms. The van der Waals surface area contributed by atoms with Gasteiger partial charge in [0.25, 0.3) is 0 Å². The molecule has 0 aromatic heterocycles. The molecule has 0 amide bonds. The fraction of sp³-hybridized carbons (Fsp3) is 0.946. The van der Waals surface area contributed by atoms with E-state index in [4.69, 9.17) is 37.0 Å². The van der Waals surface area contributed by atoms with Gasteiger partial charge in [-0.2, -0.15) is 0 Å². The molecule has 0 heterocycles. The van der Waals surface area contributed by atoms with Crippen LogP contribution in [0.25, 0.3) is 0 Å². The smallest absolute Gasteiger partial charge is 0.462 e. The maximum absolute atomic E-state index is 13.1. The summed E-state index contributed by atoms with van der Waals surface area (Å²) in [6.45, 7) is 7.31. The van der Waals surface area contributed by atoms with Crippen LogP contribution in [0.5, 0.6) is 0 Å². The third-order valence-electron chi connectivity index (χ3n) is 17.6. The average Bonchev–Trinajstić information content (AvgIpc) is 3.48. The van der Waals surface area contributed by atoms with Crippen LogP contribution in [-0.4, -0.2) is 96.7 Å². The van der Waals surface area contributed by atoms with Crippen LogP contribution in [0, 0.1) is 5.92 Å². The second kappa shape index (κ2) is 67.3. The fourth-order valence-corrected chi connectivity index (χ4v) is 12.9. The lowest BCUT2D eigenvalue weighted by molar-refractivity contribution is -0.161. The topological polar surface area (TPSA) is 237 Å². The number of hydrogen-bond acceptors (Lipinski definition) is 15. The Kier molecular flexibility index (Phi) is 65.9. The van der Waals surface area contributed by atoms with Gasteiger partial charge in [0.15, 0.2) is 12.2 Å². The van der Waals surface area contributed by atoms with Crippen molar-refractivity contribution < 1.29 is 80.2 Å². The van der Waals surface area contributed by atoms with Gasteiger partial charge in [-0.05, 0) is 31.6 Å². The molecule has 0 aliphatic heterocycles. The Morgan fingerprint density at radius 2 is 0.516 bits per heavy atom. The van der Waals surface area contributed by atoms with Gasteiger partial charge in [0.1, 0.15) is 19.3 Å². The van der Waals surface area contributed by atoms with Gasteiger partial charge in [-0.15, -0.1) is 0 Å². The Balaban J connectivity index is 5.25. The number of phosphoric ester groups is 2. The number of carbonyl (C=O) groups excluding carboxylic acids is 4. The van der Waals surface area contributed by atoms with E-state index in [1.165, 1.54) is 212 Å². The maximum Gasteiger partial charge on any atom is 0.472 e. The molecule has 0 saturated heterocycles. The summed E-state index contributed by atoms with van der Waals surface area (Å²) >= 11 is 0. The number of aliphatic hydroxyl groups is 1. The first-order chi connectivity index (χ1) is 45.1. The first-order valence-electron chi connectivity index (χ1n) is 38.7. The highest BCUT2D eigenvalue weighted by atomic mass is 31.2. The second-order valence-electron chi connectivity index (χ2n) is 26.9. The molecule has 0 aromatic rings. The summed E-state index contributed by atoms with van der Waals surface area (Å²) in [6, 6.07) is 0. The van der Waals surface area contributed by atoms with Gasteiger partial charge in [0, 0.05) is 25.7 Å². The number of rotatable bonds is 74. The van der Waals surface area contributed by atoms with E-state index in [2.05, 4.69) is 34.6 Å². The molecule has 6 atom stereocenters. The zero-order valence-electron chi connectivity index (χ0n) is 60.4. The van der Waals surface area contributed by atoms with Gasteiger partial charge in [0.05, 0.1) is 26.4 Å². The fourth-order valence-electron chi connectivity index (χ4n) is 11.3. The van der Waals surface area contributed by atoms with E-state index in [9.17, 15) is 43.2 Å².